The Hall–Kier alpha value is -2.78. The lowest BCUT2D eigenvalue weighted by atomic mass is 10.1. The van der Waals surface area contributed by atoms with Crippen LogP contribution in [-0.2, 0) is 26.2 Å². The summed E-state index contributed by atoms with van der Waals surface area (Å²) < 4.78 is 28.4. The summed E-state index contributed by atoms with van der Waals surface area (Å²) in [6, 6.07) is 17.7. The van der Waals surface area contributed by atoms with E-state index in [4.69, 9.17) is 34.8 Å². The third-order valence-electron chi connectivity index (χ3n) is 5.68. The SMILES string of the molecule is CC(C)NC(=O)[C@@H](C)N(Cc1ccc(Cl)cc1Cl)C(=O)CN(c1ccc(Cl)cc1)S(=O)(=O)c1ccccc1. The second-order valence-electron chi connectivity index (χ2n) is 8.90. The maximum atomic E-state index is 13.8. The van der Waals surface area contributed by atoms with Gasteiger partial charge in [0.15, 0.2) is 0 Å². The number of nitrogens with zero attached hydrogens (tertiary/aromatic N) is 2. The molecule has 7 nitrogen and oxygen atoms in total. The first kappa shape index (κ1) is 29.8. The summed E-state index contributed by atoms with van der Waals surface area (Å²) in [6.45, 7) is 4.59. The van der Waals surface area contributed by atoms with Crippen molar-refractivity contribution in [2.75, 3.05) is 10.8 Å². The fraction of sp³-hybridized carbons (Fsp3) is 0.259. The molecule has 0 spiro atoms. The van der Waals surface area contributed by atoms with E-state index >= 15 is 0 Å². The van der Waals surface area contributed by atoms with Crippen LogP contribution in [-0.4, -0.2) is 43.8 Å². The fourth-order valence-electron chi connectivity index (χ4n) is 3.68. The van der Waals surface area contributed by atoms with Crippen molar-refractivity contribution in [3.63, 3.8) is 0 Å². The fourth-order valence-corrected chi connectivity index (χ4v) is 5.71. The van der Waals surface area contributed by atoms with Crippen LogP contribution < -0.4 is 9.62 Å². The monoisotopic (exact) mass is 595 g/mol. The Morgan fingerprint density at radius 2 is 1.47 bits per heavy atom. The molecule has 11 heteroatoms. The molecule has 0 heterocycles. The molecular formula is C27H28Cl3N3O4S. The van der Waals surface area contributed by atoms with Crippen molar-refractivity contribution in [1.82, 2.24) is 10.2 Å². The molecule has 3 aromatic carbocycles. The molecule has 3 rings (SSSR count). The summed E-state index contributed by atoms with van der Waals surface area (Å²) in [5.41, 5.74) is 0.799. The summed E-state index contributed by atoms with van der Waals surface area (Å²) in [5, 5.41) is 3.95. The maximum absolute atomic E-state index is 13.8. The number of carbonyl (C=O) groups excluding carboxylic acids is 2. The number of amides is 2. The first-order valence-corrected chi connectivity index (χ1v) is 14.3. The van der Waals surface area contributed by atoms with Crippen LogP contribution in [0.4, 0.5) is 5.69 Å². The predicted molar refractivity (Wildman–Crippen MR) is 152 cm³/mol. The van der Waals surface area contributed by atoms with Crippen LogP contribution in [0.15, 0.2) is 77.7 Å². The van der Waals surface area contributed by atoms with Gasteiger partial charge in [-0.15, -0.1) is 0 Å². The molecule has 202 valence electrons. The lowest BCUT2D eigenvalue weighted by molar-refractivity contribution is -0.139. The van der Waals surface area contributed by atoms with Crippen LogP contribution >= 0.6 is 34.8 Å². The van der Waals surface area contributed by atoms with Crippen molar-refractivity contribution in [2.45, 2.75) is 44.3 Å². The minimum atomic E-state index is -4.15. The number of anilines is 1. The Morgan fingerprint density at radius 3 is 2.05 bits per heavy atom. The van der Waals surface area contributed by atoms with E-state index in [0.29, 0.717) is 20.6 Å². The van der Waals surface area contributed by atoms with Crippen molar-refractivity contribution in [3.05, 3.63) is 93.4 Å². The molecular weight excluding hydrogens is 569 g/mol. The molecule has 3 aromatic rings. The number of sulfonamides is 1. The van der Waals surface area contributed by atoms with Crippen molar-refractivity contribution >= 4 is 62.3 Å². The molecule has 1 N–H and O–H groups in total. The molecule has 0 fully saturated rings. The Kier molecular flexibility index (Phi) is 10.1. The number of hydrogen-bond donors (Lipinski definition) is 1. The molecule has 0 aliphatic carbocycles. The van der Waals surface area contributed by atoms with E-state index < -0.39 is 28.5 Å². The standard InChI is InChI=1S/C27H28Cl3N3O4S/c1-18(2)31-27(35)19(3)32(16-20-9-10-22(29)15-25(20)30)26(34)17-33(23-13-11-21(28)12-14-23)38(36,37)24-7-5-4-6-8-24/h4-15,18-19H,16-17H2,1-3H3,(H,31,35)/t19-/m1/s1. The number of halogens is 3. The van der Waals surface area contributed by atoms with Crippen LogP contribution in [0.5, 0.6) is 0 Å². The third-order valence-corrected chi connectivity index (χ3v) is 8.31. The average molecular weight is 597 g/mol. The van der Waals surface area contributed by atoms with Gasteiger partial charge in [-0.3, -0.25) is 13.9 Å². The van der Waals surface area contributed by atoms with Crippen LogP contribution in [0.1, 0.15) is 26.3 Å². The molecule has 2 amide bonds. The summed E-state index contributed by atoms with van der Waals surface area (Å²) in [6.07, 6.45) is 0. The van der Waals surface area contributed by atoms with Gasteiger partial charge in [-0.1, -0.05) is 59.1 Å². The van der Waals surface area contributed by atoms with Crippen LogP contribution in [0, 0.1) is 0 Å². The minimum Gasteiger partial charge on any atom is -0.352 e. The molecule has 0 aromatic heterocycles. The second kappa shape index (κ2) is 12.8. The Morgan fingerprint density at radius 1 is 0.868 bits per heavy atom. The summed E-state index contributed by atoms with van der Waals surface area (Å²) in [4.78, 5) is 28.1. The van der Waals surface area contributed by atoms with Gasteiger partial charge in [0.25, 0.3) is 10.0 Å². The first-order chi connectivity index (χ1) is 17.9. The quantitative estimate of drug-likeness (QED) is 0.321. The van der Waals surface area contributed by atoms with Gasteiger partial charge in [0.1, 0.15) is 12.6 Å². The molecule has 0 saturated heterocycles. The molecule has 0 radical (unpaired) electrons. The van der Waals surface area contributed by atoms with E-state index in [0.717, 1.165) is 4.31 Å². The highest BCUT2D eigenvalue weighted by molar-refractivity contribution is 7.92. The largest absolute Gasteiger partial charge is 0.352 e. The number of nitrogens with one attached hydrogen (secondary N) is 1. The molecule has 38 heavy (non-hydrogen) atoms. The zero-order chi connectivity index (χ0) is 28.0. The number of rotatable bonds is 10. The van der Waals surface area contributed by atoms with Gasteiger partial charge >= 0.3 is 0 Å². The van der Waals surface area contributed by atoms with Gasteiger partial charge in [0, 0.05) is 27.7 Å². The van der Waals surface area contributed by atoms with E-state index in [9.17, 15) is 18.0 Å². The van der Waals surface area contributed by atoms with Gasteiger partial charge in [-0.2, -0.15) is 0 Å². The molecule has 0 aliphatic rings. The van der Waals surface area contributed by atoms with Crippen molar-refractivity contribution in [1.29, 1.82) is 0 Å². The zero-order valence-corrected chi connectivity index (χ0v) is 24.2. The van der Waals surface area contributed by atoms with Gasteiger partial charge < -0.3 is 10.2 Å². The summed E-state index contributed by atoms with van der Waals surface area (Å²) in [5.74, 6) is -0.987. The van der Waals surface area contributed by atoms with Gasteiger partial charge in [-0.25, -0.2) is 8.42 Å². The van der Waals surface area contributed by atoms with Crippen molar-refractivity contribution < 1.29 is 18.0 Å². The van der Waals surface area contributed by atoms with Gasteiger partial charge in [0.2, 0.25) is 11.8 Å². The molecule has 1 atom stereocenters. The highest BCUT2D eigenvalue weighted by Crippen LogP contribution is 2.27. The van der Waals surface area contributed by atoms with E-state index in [1.807, 2.05) is 13.8 Å². The average Bonchev–Trinajstić information content (AvgIpc) is 2.87. The summed E-state index contributed by atoms with van der Waals surface area (Å²) in [7, 11) is -4.15. The van der Waals surface area contributed by atoms with E-state index in [1.54, 1.807) is 55.5 Å². The van der Waals surface area contributed by atoms with E-state index in [2.05, 4.69) is 5.32 Å². The third kappa shape index (κ3) is 7.41. The first-order valence-electron chi connectivity index (χ1n) is 11.8. The Balaban J connectivity index is 2.03. The maximum Gasteiger partial charge on any atom is 0.264 e. The molecule has 0 bridgehead atoms. The van der Waals surface area contributed by atoms with Gasteiger partial charge in [0.05, 0.1) is 10.6 Å². The second-order valence-corrected chi connectivity index (χ2v) is 12.0. The highest BCUT2D eigenvalue weighted by Gasteiger charge is 2.32. The number of benzene rings is 3. The Bertz CT molecular complexity index is 1380. The van der Waals surface area contributed by atoms with Crippen LogP contribution in [0.3, 0.4) is 0 Å². The highest BCUT2D eigenvalue weighted by atomic mass is 35.5. The predicted octanol–water partition coefficient (Wildman–Crippen LogP) is 5.78. The minimum absolute atomic E-state index is 0.0145. The smallest absolute Gasteiger partial charge is 0.264 e. The van der Waals surface area contributed by atoms with E-state index in [-0.39, 0.29) is 29.1 Å². The van der Waals surface area contributed by atoms with E-state index in [1.165, 1.54) is 29.2 Å². The number of hydrogen-bond acceptors (Lipinski definition) is 4. The molecule has 0 saturated carbocycles. The topological polar surface area (TPSA) is 86.8 Å². The lowest BCUT2D eigenvalue weighted by Crippen LogP contribution is -2.52. The lowest BCUT2D eigenvalue weighted by Gasteiger charge is -2.32. The normalized spacial score (nSPS) is 12.2. The van der Waals surface area contributed by atoms with Crippen molar-refractivity contribution in [3.8, 4) is 0 Å². The zero-order valence-electron chi connectivity index (χ0n) is 21.1. The van der Waals surface area contributed by atoms with Crippen LogP contribution in [0.25, 0.3) is 0 Å². The molecule has 0 aliphatic heterocycles. The molecule has 0 unspecified atom stereocenters. The number of carbonyl (C=O) groups is 2. The van der Waals surface area contributed by atoms with Crippen molar-refractivity contribution in [2.24, 2.45) is 0 Å². The Labute approximate surface area is 238 Å². The summed E-state index contributed by atoms with van der Waals surface area (Å²) >= 11 is 18.4. The van der Waals surface area contributed by atoms with Crippen LogP contribution in [0.2, 0.25) is 15.1 Å². The van der Waals surface area contributed by atoms with Gasteiger partial charge in [-0.05, 0) is 74.9 Å².